The van der Waals surface area contributed by atoms with Gasteiger partial charge in [0, 0.05) is 19.6 Å². The van der Waals surface area contributed by atoms with Crippen LogP contribution in [0.5, 0.6) is 0 Å². The molecule has 1 N–H and O–H groups in total. The SMILES string of the molecule is Cc1cc(NS(=O)(=O)c2cc(Br)ccc2Br)ncc1Br. The first kappa shape index (κ1) is 15.9. The Kier molecular flexibility index (Phi) is 4.88. The van der Waals surface area contributed by atoms with E-state index in [9.17, 15) is 8.42 Å². The highest BCUT2D eigenvalue weighted by Gasteiger charge is 2.19. The minimum atomic E-state index is -3.70. The number of anilines is 1. The van der Waals surface area contributed by atoms with Crippen LogP contribution in [0.25, 0.3) is 0 Å². The summed E-state index contributed by atoms with van der Waals surface area (Å²) in [4.78, 5) is 4.19. The Morgan fingerprint density at radius 3 is 2.45 bits per heavy atom. The second-order valence-electron chi connectivity index (χ2n) is 4.00. The largest absolute Gasteiger partial charge is 0.264 e. The van der Waals surface area contributed by atoms with Gasteiger partial charge in [0.15, 0.2) is 0 Å². The molecule has 0 fully saturated rings. The molecule has 0 unspecified atom stereocenters. The van der Waals surface area contributed by atoms with E-state index < -0.39 is 10.0 Å². The number of benzene rings is 1. The van der Waals surface area contributed by atoms with Crippen LogP contribution in [0.4, 0.5) is 5.82 Å². The lowest BCUT2D eigenvalue weighted by atomic mass is 10.3. The molecule has 1 aromatic carbocycles. The van der Waals surface area contributed by atoms with Crippen LogP contribution in [0.2, 0.25) is 0 Å². The van der Waals surface area contributed by atoms with Crippen molar-refractivity contribution < 1.29 is 8.42 Å². The van der Waals surface area contributed by atoms with Crippen molar-refractivity contribution >= 4 is 63.6 Å². The van der Waals surface area contributed by atoms with Crippen LogP contribution in [-0.2, 0) is 10.0 Å². The summed E-state index contributed by atoms with van der Waals surface area (Å²) >= 11 is 9.82. The van der Waals surface area contributed by atoms with Crippen LogP contribution in [0.3, 0.4) is 0 Å². The highest BCUT2D eigenvalue weighted by molar-refractivity contribution is 9.11. The third-order valence-electron chi connectivity index (χ3n) is 2.47. The first-order valence-electron chi connectivity index (χ1n) is 5.39. The molecule has 2 aromatic rings. The standard InChI is InChI=1S/C12H9Br3N2O2S/c1-7-4-12(16-6-10(7)15)17-20(18,19)11-5-8(13)2-3-9(11)14/h2-6H,1H3,(H,16,17). The van der Waals surface area contributed by atoms with E-state index in [2.05, 4.69) is 57.5 Å². The molecule has 0 aliphatic heterocycles. The lowest BCUT2D eigenvalue weighted by molar-refractivity contribution is 0.600. The van der Waals surface area contributed by atoms with Crippen LogP contribution >= 0.6 is 47.8 Å². The molecule has 0 atom stereocenters. The average molecular weight is 485 g/mol. The molecule has 20 heavy (non-hydrogen) atoms. The van der Waals surface area contributed by atoms with E-state index in [0.717, 1.165) is 10.0 Å². The lowest BCUT2D eigenvalue weighted by Gasteiger charge is -2.10. The summed E-state index contributed by atoms with van der Waals surface area (Å²) in [6.45, 7) is 1.86. The monoisotopic (exact) mass is 482 g/mol. The quantitative estimate of drug-likeness (QED) is 0.699. The van der Waals surface area contributed by atoms with E-state index in [0.29, 0.717) is 8.95 Å². The number of sulfonamides is 1. The van der Waals surface area contributed by atoms with Crippen LogP contribution in [-0.4, -0.2) is 13.4 Å². The highest BCUT2D eigenvalue weighted by atomic mass is 79.9. The molecular weight excluding hydrogens is 476 g/mol. The minimum absolute atomic E-state index is 0.147. The van der Waals surface area contributed by atoms with Crippen molar-refractivity contribution in [2.24, 2.45) is 0 Å². The fourth-order valence-corrected chi connectivity index (χ4v) is 4.19. The third-order valence-corrected chi connectivity index (χ3v) is 6.14. The number of nitrogens with one attached hydrogen (secondary N) is 1. The summed E-state index contributed by atoms with van der Waals surface area (Å²) in [6.07, 6.45) is 1.56. The summed E-state index contributed by atoms with van der Waals surface area (Å²) < 4.78 is 29.2. The van der Waals surface area contributed by atoms with Gasteiger partial charge in [-0.05, 0) is 68.6 Å². The smallest absolute Gasteiger partial charge is 0.263 e. The number of rotatable bonds is 3. The number of pyridine rings is 1. The molecule has 0 radical (unpaired) electrons. The zero-order chi connectivity index (χ0) is 14.9. The molecule has 0 amide bonds. The number of halogens is 3. The molecule has 2 rings (SSSR count). The lowest BCUT2D eigenvalue weighted by Crippen LogP contribution is -2.14. The summed E-state index contributed by atoms with van der Waals surface area (Å²) in [6, 6.07) is 6.61. The molecule has 0 bridgehead atoms. The third kappa shape index (κ3) is 3.60. The molecule has 0 spiro atoms. The fraction of sp³-hybridized carbons (Fsp3) is 0.0833. The summed E-state index contributed by atoms with van der Waals surface area (Å²) in [5.41, 5.74) is 0.894. The van der Waals surface area contributed by atoms with Crippen molar-refractivity contribution in [2.45, 2.75) is 11.8 Å². The van der Waals surface area contributed by atoms with E-state index in [1.54, 1.807) is 24.4 Å². The van der Waals surface area contributed by atoms with Crippen molar-refractivity contribution in [1.82, 2.24) is 4.98 Å². The molecule has 8 heteroatoms. The van der Waals surface area contributed by atoms with Gasteiger partial charge in [0.05, 0.1) is 0 Å². The van der Waals surface area contributed by atoms with E-state index in [-0.39, 0.29) is 10.7 Å². The van der Waals surface area contributed by atoms with Crippen molar-refractivity contribution in [2.75, 3.05) is 4.72 Å². The van der Waals surface area contributed by atoms with E-state index in [1.165, 1.54) is 6.07 Å². The van der Waals surface area contributed by atoms with Crippen LogP contribution in [0, 0.1) is 6.92 Å². The van der Waals surface area contributed by atoms with Crippen molar-refractivity contribution in [3.05, 3.63) is 49.4 Å². The molecule has 1 aromatic heterocycles. The van der Waals surface area contributed by atoms with E-state index in [1.807, 2.05) is 6.92 Å². The van der Waals surface area contributed by atoms with Gasteiger partial charge >= 0.3 is 0 Å². The van der Waals surface area contributed by atoms with Crippen molar-refractivity contribution in [1.29, 1.82) is 0 Å². The van der Waals surface area contributed by atoms with Gasteiger partial charge in [-0.2, -0.15) is 0 Å². The van der Waals surface area contributed by atoms with Gasteiger partial charge in [-0.25, -0.2) is 13.4 Å². The Morgan fingerprint density at radius 2 is 1.80 bits per heavy atom. The van der Waals surface area contributed by atoms with Gasteiger partial charge in [0.2, 0.25) is 0 Å². The second-order valence-corrected chi connectivity index (χ2v) is 8.27. The molecule has 1 heterocycles. The molecular formula is C12H9Br3N2O2S. The number of hydrogen-bond acceptors (Lipinski definition) is 3. The Bertz CT molecular complexity index is 763. The van der Waals surface area contributed by atoms with Crippen molar-refractivity contribution in [3.63, 3.8) is 0 Å². The zero-order valence-electron chi connectivity index (χ0n) is 10.2. The van der Waals surface area contributed by atoms with Gasteiger partial charge < -0.3 is 0 Å². The average Bonchev–Trinajstić information content (AvgIpc) is 2.36. The molecule has 0 saturated carbocycles. The first-order valence-corrected chi connectivity index (χ1v) is 9.26. The Hall–Kier alpha value is -0.440. The Balaban J connectivity index is 2.40. The van der Waals surface area contributed by atoms with Gasteiger partial charge in [-0.15, -0.1) is 0 Å². The first-order chi connectivity index (χ1) is 9.29. The summed E-state index contributed by atoms with van der Waals surface area (Å²) in [7, 11) is -3.70. The molecule has 0 aliphatic rings. The predicted molar refractivity (Wildman–Crippen MR) is 89.3 cm³/mol. The summed E-state index contributed by atoms with van der Waals surface area (Å²) in [5.74, 6) is 0.276. The van der Waals surface area contributed by atoms with Crippen LogP contribution < -0.4 is 4.72 Å². The summed E-state index contributed by atoms with van der Waals surface area (Å²) in [5, 5.41) is 0. The van der Waals surface area contributed by atoms with Gasteiger partial charge in [0.25, 0.3) is 10.0 Å². The maximum Gasteiger partial charge on any atom is 0.264 e. The number of aryl methyl sites for hydroxylation is 1. The number of aromatic nitrogens is 1. The van der Waals surface area contributed by atoms with Crippen molar-refractivity contribution in [3.8, 4) is 0 Å². The van der Waals surface area contributed by atoms with Gasteiger partial charge in [-0.1, -0.05) is 15.9 Å². The van der Waals surface area contributed by atoms with E-state index in [4.69, 9.17) is 0 Å². The van der Waals surface area contributed by atoms with Crippen LogP contribution in [0.15, 0.2) is 48.8 Å². The Morgan fingerprint density at radius 1 is 1.10 bits per heavy atom. The van der Waals surface area contributed by atoms with Gasteiger partial charge in [-0.3, -0.25) is 4.72 Å². The Labute approximate surface area is 142 Å². The number of nitrogens with zero attached hydrogens (tertiary/aromatic N) is 1. The highest BCUT2D eigenvalue weighted by Crippen LogP contribution is 2.27. The number of hydrogen-bond donors (Lipinski definition) is 1. The van der Waals surface area contributed by atoms with Crippen LogP contribution in [0.1, 0.15) is 5.56 Å². The topological polar surface area (TPSA) is 59.1 Å². The zero-order valence-corrected chi connectivity index (χ0v) is 15.8. The molecule has 106 valence electrons. The molecule has 4 nitrogen and oxygen atoms in total. The maximum atomic E-state index is 12.4. The second kappa shape index (κ2) is 6.13. The molecule has 0 saturated heterocycles. The molecule has 0 aliphatic carbocycles. The maximum absolute atomic E-state index is 12.4. The predicted octanol–water partition coefficient (Wildman–Crippen LogP) is 4.48. The normalized spacial score (nSPS) is 11.4. The van der Waals surface area contributed by atoms with Gasteiger partial charge in [0.1, 0.15) is 10.7 Å². The van der Waals surface area contributed by atoms with E-state index >= 15 is 0 Å². The minimum Gasteiger partial charge on any atom is -0.263 e. The fourth-order valence-electron chi connectivity index (χ4n) is 1.47.